The molecule has 1 fully saturated rings. The highest BCUT2D eigenvalue weighted by Gasteiger charge is 2.31. The molecule has 6 nitrogen and oxygen atoms in total. The third kappa shape index (κ3) is 3.90. The van der Waals surface area contributed by atoms with Crippen LogP contribution in [0.2, 0.25) is 0 Å². The average molecular weight is 274 g/mol. The highest BCUT2D eigenvalue weighted by Crippen LogP contribution is 2.17. The van der Waals surface area contributed by atoms with Gasteiger partial charge in [0.2, 0.25) is 11.8 Å². The average Bonchev–Trinajstić information content (AvgIpc) is 2.59. The molecule has 7 heteroatoms. The first-order chi connectivity index (χ1) is 8.21. The Labute approximate surface area is 110 Å². The Morgan fingerprint density at radius 1 is 1.44 bits per heavy atom. The van der Waals surface area contributed by atoms with Crippen molar-refractivity contribution in [2.24, 2.45) is 0 Å². The lowest BCUT2D eigenvalue weighted by Gasteiger charge is -2.35. The summed E-state index contributed by atoms with van der Waals surface area (Å²) in [5.41, 5.74) is -0.578. The molecule has 0 unspecified atom stereocenters. The van der Waals surface area contributed by atoms with Crippen LogP contribution in [-0.2, 0) is 14.4 Å². The van der Waals surface area contributed by atoms with E-state index in [1.807, 2.05) is 0 Å². The first-order valence-electron chi connectivity index (χ1n) is 5.59. The molecule has 0 radical (unpaired) electrons. The molecule has 1 aliphatic rings. The van der Waals surface area contributed by atoms with Crippen molar-refractivity contribution < 1.29 is 19.5 Å². The fourth-order valence-electron chi connectivity index (χ4n) is 1.62. The van der Waals surface area contributed by atoms with E-state index in [9.17, 15) is 14.4 Å². The van der Waals surface area contributed by atoms with Crippen LogP contribution in [0.5, 0.6) is 0 Å². The molecule has 1 aliphatic heterocycles. The quantitative estimate of drug-likeness (QED) is 0.794. The summed E-state index contributed by atoms with van der Waals surface area (Å²) >= 11 is 1.45. The number of carboxylic acids is 1. The third-order valence-electron chi connectivity index (χ3n) is 2.56. The topological polar surface area (TPSA) is 77.9 Å². The minimum Gasteiger partial charge on any atom is -0.480 e. The van der Waals surface area contributed by atoms with E-state index >= 15 is 0 Å². The van der Waals surface area contributed by atoms with E-state index in [-0.39, 0.29) is 24.9 Å². The van der Waals surface area contributed by atoms with Gasteiger partial charge in [0.05, 0.1) is 11.6 Å². The van der Waals surface area contributed by atoms with Crippen LogP contribution >= 0.6 is 11.8 Å². The second-order valence-electron chi connectivity index (χ2n) is 5.11. The van der Waals surface area contributed by atoms with Gasteiger partial charge in [-0.15, -0.1) is 11.8 Å². The van der Waals surface area contributed by atoms with Crippen LogP contribution in [0.25, 0.3) is 0 Å². The predicted molar refractivity (Wildman–Crippen MR) is 68.1 cm³/mol. The van der Waals surface area contributed by atoms with Crippen LogP contribution < -0.4 is 0 Å². The Morgan fingerprint density at radius 3 is 2.44 bits per heavy atom. The zero-order valence-corrected chi connectivity index (χ0v) is 11.6. The van der Waals surface area contributed by atoms with Gasteiger partial charge in [0.25, 0.3) is 0 Å². The highest BCUT2D eigenvalue weighted by atomic mass is 32.2. The molecule has 0 aromatic heterocycles. The maximum Gasteiger partial charge on any atom is 0.323 e. The standard InChI is InChI=1S/C11H18N2O4S/c1-11(2,3)13(5-10(16)17)8(14)4-12-7-18-6-9(12)15/h4-7H2,1-3H3,(H,16,17). The van der Waals surface area contributed by atoms with Crippen molar-refractivity contribution in [2.45, 2.75) is 26.3 Å². The van der Waals surface area contributed by atoms with Gasteiger partial charge in [0, 0.05) is 5.54 Å². The number of carbonyl (C=O) groups excluding carboxylic acids is 2. The molecule has 1 rings (SSSR count). The maximum atomic E-state index is 12.1. The predicted octanol–water partition coefficient (Wildman–Crippen LogP) is 0.231. The first-order valence-corrected chi connectivity index (χ1v) is 6.75. The van der Waals surface area contributed by atoms with Gasteiger partial charge in [-0.05, 0) is 20.8 Å². The van der Waals surface area contributed by atoms with Crippen molar-refractivity contribution in [3.63, 3.8) is 0 Å². The molecule has 102 valence electrons. The van der Waals surface area contributed by atoms with Gasteiger partial charge in [-0.25, -0.2) is 0 Å². The Morgan fingerprint density at radius 2 is 2.06 bits per heavy atom. The fraction of sp³-hybridized carbons (Fsp3) is 0.727. The van der Waals surface area contributed by atoms with Gasteiger partial charge in [-0.3, -0.25) is 14.4 Å². The van der Waals surface area contributed by atoms with Crippen LogP contribution in [0.4, 0.5) is 0 Å². The van der Waals surface area contributed by atoms with Crippen LogP contribution in [-0.4, -0.2) is 62.9 Å². The summed E-state index contributed by atoms with van der Waals surface area (Å²) in [6, 6.07) is 0. The normalized spacial score (nSPS) is 15.9. The highest BCUT2D eigenvalue weighted by molar-refractivity contribution is 8.00. The van der Waals surface area contributed by atoms with E-state index in [0.717, 1.165) is 0 Å². The number of thioether (sulfide) groups is 1. The van der Waals surface area contributed by atoms with E-state index in [2.05, 4.69) is 0 Å². The van der Waals surface area contributed by atoms with Crippen molar-refractivity contribution in [3.8, 4) is 0 Å². The van der Waals surface area contributed by atoms with Crippen LogP contribution in [0, 0.1) is 0 Å². The van der Waals surface area contributed by atoms with Gasteiger partial charge in [-0.1, -0.05) is 0 Å². The van der Waals surface area contributed by atoms with Crippen LogP contribution in [0.1, 0.15) is 20.8 Å². The number of nitrogens with zero attached hydrogens (tertiary/aromatic N) is 2. The summed E-state index contributed by atoms with van der Waals surface area (Å²) in [5.74, 6) is -0.573. The lowest BCUT2D eigenvalue weighted by atomic mass is 10.1. The van der Waals surface area contributed by atoms with Crippen molar-refractivity contribution in [1.82, 2.24) is 9.80 Å². The molecular weight excluding hydrogens is 256 g/mol. The second-order valence-corrected chi connectivity index (χ2v) is 6.07. The largest absolute Gasteiger partial charge is 0.480 e. The number of hydrogen-bond acceptors (Lipinski definition) is 4. The number of carboxylic acid groups (broad SMARTS) is 1. The second kappa shape index (κ2) is 5.60. The van der Waals surface area contributed by atoms with Crippen molar-refractivity contribution in [2.75, 3.05) is 24.7 Å². The molecule has 1 heterocycles. The summed E-state index contributed by atoms with van der Waals surface area (Å²) in [6.45, 7) is 4.92. The molecule has 0 atom stereocenters. The Balaban J connectivity index is 2.70. The zero-order chi connectivity index (χ0) is 13.9. The molecule has 1 saturated heterocycles. The smallest absolute Gasteiger partial charge is 0.323 e. The lowest BCUT2D eigenvalue weighted by Crippen LogP contribution is -2.51. The Hall–Kier alpha value is -1.24. The van der Waals surface area contributed by atoms with Gasteiger partial charge in [0.1, 0.15) is 13.1 Å². The molecular formula is C11H18N2O4S. The Kier molecular flexibility index (Phi) is 4.61. The summed E-state index contributed by atoms with van der Waals surface area (Å²) in [7, 11) is 0. The number of carbonyl (C=O) groups is 3. The number of hydrogen-bond donors (Lipinski definition) is 1. The van der Waals surface area contributed by atoms with Crippen LogP contribution in [0.3, 0.4) is 0 Å². The Bertz CT molecular complexity index is 365. The molecule has 0 aliphatic carbocycles. The SMILES string of the molecule is CC(C)(C)N(CC(=O)O)C(=O)CN1CSCC1=O. The van der Waals surface area contributed by atoms with E-state index in [0.29, 0.717) is 11.6 Å². The van der Waals surface area contributed by atoms with Crippen molar-refractivity contribution in [3.05, 3.63) is 0 Å². The van der Waals surface area contributed by atoms with Gasteiger partial charge >= 0.3 is 5.97 Å². The van der Waals surface area contributed by atoms with E-state index in [1.54, 1.807) is 20.8 Å². The number of amides is 2. The van der Waals surface area contributed by atoms with Gasteiger partial charge in [0.15, 0.2) is 0 Å². The van der Waals surface area contributed by atoms with Crippen molar-refractivity contribution >= 4 is 29.5 Å². The molecule has 0 spiro atoms. The number of aliphatic carboxylic acids is 1. The van der Waals surface area contributed by atoms with Crippen molar-refractivity contribution in [1.29, 1.82) is 0 Å². The molecule has 1 N–H and O–H groups in total. The maximum absolute atomic E-state index is 12.1. The minimum atomic E-state index is -1.06. The summed E-state index contributed by atoms with van der Waals surface area (Å²) in [5, 5.41) is 8.83. The molecule has 0 aromatic carbocycles. The van der Waals surface area contributed by atoms with E-state index in [1.165, 1.54) is 21.6 Å². The van der Waals surface area contributed by atoms with Gasteiger partial charge in [-0.2, -0.15) is 0 Å². The molecule has 2 amide bonds. The zero-order valence-electron chi connectivity index (χ0n) is 10.8. The van der Waals surface area contributed by atoms with Gasteiger partial charge < -0.3 is 14.9 Å². The molecule has 0 aromatic rings. The summed E-state index contributed by atoms with van der Waals surface area (Å²) < 4.78 is 0. The van der Waals surface area contributed by atoms with Crippen LogP contribution in [0.15, 0.2) is 0 Å². The van der Waals surface area contributed by atoms with E-state index < -0.39 is 11.5 Å². The number of rotatable bonds is 4. The minimum absolute atomic E-state index is 0.0453. The van der Waals surface area contributed by atoms with E-state index in [4.69, 9.17) is 5.11 Å². The molecule has 18 heavy (non-hydrogen) atoms. The molecule has 0 saturated carbocycles. The summed E-state index contributed by atoms with van der Waals surface area (Å²) in [4.78, 5) is 37.0. The monoisotopic (exact) mass is 274 g/mol. The first kappa shape index (κ1) is 14.8. The lowest BCUT2D eigenvalue weighted by molar-refractivity contribution is -0.149. The summed E-state index contributed by atoms with van der Waals surface area (Å²) in [6.07, 6.45) is 0. The fourth-order valence-corrected chi connectivity index (χ4v) is 2.53. The molecule has 0 bridgehead atoms. The third-order valence-corrected chi connectivity index (χ3v) is 3.50.